The molecule has 0 amide bonds. The van der Waals surface area contributed by atoms with Gasteiger partial charge in [0.15, 0.2) is 0 Å². The van der Waals surface area contributed by atoms with Crippen LogP contribution in [0.25, 0.3) is 0 Å². The molecule has 0 aromatic heterocycles. The molecule has 0 aliphatic heterocycles. The van der Waals surface area contributed by atoms with Gasteiger partial charge in [0.25, 0.3) is 0 Å². The highest BCUT2D eigenvalue weighted by Crippen LogP contribution is 2.10. The molecule has 0 aliphatic rings. The first kappa shape index (κ1) is 13.2. The average Bonchev–Trinajstić information content (AvgIpc) is 2.30. The van der Waals surface area contributed by atoms with Crippen LogP contribution in [0.3, 0.4) is 0 Å². The fourth-order valence-corrected chi connectivity index (χ4v) is 1.89. The summed E-state index contributed by atoms with van der Waals surface area (Å²) in [5.41, 5.74) is 1.39. The molecule has 1 unspecified atom stereocenters. The first-order valence-electron chi connectivity index (χ1n) is 6.12. The Morgan fingerprint density at radius 2 is 1.88 bits per heavy atom. The van der Waals surface area contributed by atoms with Crippen molar-refractivity contribution in [2.75, 3.05) is 13.2 Å². The van der Waals surface area contributed by atoms with Gasteiger partial charge in [-0.3, -0.25) is 0 Å². The molecular weight excluding hydrogens is 198 g/mol. The van der Waals surface area contributed by atoms with Gasteiger partial charge in [-0.1, -0.05) is 44.2 Å². The molecule has 1 rings (SSSR count). The third-order valence-corrected chi connectivity index (χ3v) is 2.91. The van der Waals surface area contributed by atoms with E-state index in [0.717, 1.165) is 12.8 Å². The predicted octanol–water partition coefficient (Wildman–Crippen LogP) is 2.23. The molecule has 0 aliphatic carbocycles. The van der Waals surface area contributed by atoms with Gasteiger partial charge in [-0.25, -0.2) is 0 Å². The van der Waals surface area contributed by atoms with Gasteiger partial charge in [-0.15, -0.1) is 0 Å². The summed E-state index contributed by atoms with van der Waals surface area (Å²) in [5, 5.41) is 12.2. The van der Waals surface area contributed by atoms with E-state index in [4.69, 9.17) is 5.11 Å². The highest BCUT2D eigenvalue weighted by Gasteiger charge is 2.11. The third kappa shape index (κ3) is 4.77. The summed E-state index contributed by atoms with van der Waals surface area (Å²) in [7, 11) is 0. The van der Waals surface area contributed by atoms with Gasteiger partial charge in [0.1, 0.15) is 0 Å². The Hall–Kier alpha value is -0.860. The minimum atomic E-state index is 0.217. The smallest absolute Gasteiger partial charge is 0.0556 e. The van der Waals surface area contributed by atoms with E-state index >= 15 is 0 Å². The lowest BCUT2D eigenvalue weighted by molar-refractivity contribution is 0.269. The summed E-state index contributed by atoms with van der Waals surface area (Å²) in [4.78, 5) is 0. The van der Waals surface area contributed by atoms with Crippen molar-refractivity contribution in [2.24, 2.45) is 5.92 Å². The largest absolute Gasteiger partial charge is 0.395 e. The summed E-state index contributed by atoms with van der Waals surface area (Å²) in [6.07, 6.45) is 2.23. The average molecular weight is 221 g/mol. The fourth-order valence-electron chi connectivity index (χ4n) is 1.89. The van der Waals surface area contributed by atoms with Gasteiger partial charge in [0, 0.05) is 12.6 Å². The number of aryl methyl sites for hydroxylation is 1. The molecule has 16 heavy (non-hydrogen) atoms. The molecule has 2 heteroatoms. The third-order valence-electron chi connectivity index (χ3n) is 2.91. The van der Waals surface area contributed by atoms with Crippen LogP contribution < -0.4 is 5.32 Å². The summed E-state index contributed by atoms with van der Waals surface area (Å²) in [5.74, 6) is 0.607. The minimum absolute atomic E-state index is 0.217. The summed E-state index contributed by atoms with van der Waals surface area (Å²) >= 11 is 0. The number of aliphatic hydroxyl groups excluding tert-OH is 1. The van der Waals surface area contributed by atoms with Crippen LogP contribution >= 0.6 is 0 Å². The van der Waals surface area contributed by atoms with Crippen molar-refractivity contribution in [3.8, 4) is 0 Å². The van der Waals surface area contributed by atoms with Crippen molar-refractivity contribution in [3.63, 3.8) is 0 Å². The van der Waals surface area contributed by atoms with Crippen LogP contribution in [-0.2, 0) is 6.42 Å². The standard InChI is InChI=1S/C14H23NO/c1-12(2)14(15-10-11-16)9-8-13-6-4-3-5-7-13/h3-7,12,14-16H,8-11H2,1-2H3. The van der Waals surface area contributed by atoms with Gasteiger partial charge in [-0.05, 0) is 24.3 Å². The number of benzene rings is 1. The Labute approximate surface area is 98.7 Å². The van der Waals surface area contributed by atoms with Crippen molar-refractivity contribution in [1.29, 1.82) is 0 Å². The highest BCUT2D eigenvalue weighted by atomic mass is 16.3. The Morgan fingerprint density at radius 1 is 1.19 bits per heavy atom. The molecule has 0 fully saturated rings. The lowest BCUT2D eigenvalue weighted by Crippen LogP contribution is -2.36. The zero-order valence-electron chi connectivity index (χ0n) is 10.3. The van der Waals surface area contributed by atoms with Gasteiger partial charge < -0.3 is 10.4 Å². The summed E-state index contributed by atoms with van der Waals surface area (Å²) in [6, 6.07) is 11.1. The highest BCUT2D eigenvalue weighted by molar-refractivity contribution is 5.14. The molecular formula is C14H23NO. The Morgan fingerprint density at radius 3 is 2.44 bits per heavy atom. The Balaban J connectivity index is 2.38. The van der Waals surface area contributed by atoms with Crippen molar-refractivity contribution < 1.29 is 5.11 Å². The molecule has 0 radical (unpaired) electrons. The van der Waals surface area contributed by atoms with Crippen LogP contribution in [0.2, 0.25) is 0 Å². The van der Waals surface area contributed by atoms with Crippen LogP contribution in [0.1, 0.15) is 25.8 Å². The van der Waals surface area contributed by atoms with Gasteiger partial charge in [-0.2, -0.15) is 0 Å². The van der Waals surface area contributed by atoms with E-state index in [1.54, 1.807) is 0 Å². The van der Waals surface area contributed by atoms with Crippen molar-refractivity contribution in [1.82, 2.24) is 5.32 Å². The van der Waals surface area contributed by atoms with Gasteiger partial charge >= 0.3 is 0 Å². The van der Waals surface area contributed by atoms with Crippen molar-refractivity contribution in [3.05, 3.63) is 35.9 Å². The second kappa shape index (κ2) is 7.42. The zero-order valence-corrected chi connectivity index (χ0v) is 10.3. The number of nitrogens with one attached hydrogen (secondary N) is 1. The maximum Gasteiger partial charge on any atom is 0.0556 e. The van der Waals surface area contributed by atoms with Crippen LogP contribution in [0, 0.1) is 5.92 Å². The number of hydrogen-bond acceptors (Lipinski definition) is 2. The molecule has 0 spiro atoms. The first-order chi connectivity index (χ1) is 7.74. The molecule has 90 valence electrons. The number of rotatable bonds is 7. The molecule has 0 saturated heterocycles. The number of aliphatic hydroxyl groups is 1. The van der Waals surface area contributed by atoms with E-state index in [9.17, 15) is 0 Å². The van der Waals surface area contributed by atoms with Crippen LogP contribution in [-0.4, -0.2) is 24.3 Å². The SMILES string of the molecule is CC(C)C(CCc1ccccc1)NCCO. The summed E-state index contributed by atoms with van der Waals surface area (Å²) in [6.45, 7) is 5.35. The predicted molar refractivity (Wildman–Crippen MR) is 68.5 cm³/mol. The lowest BCUT2D eigenvalue weighted by Gasteiger charge is -2.22. The Bertz CT molecular complexity index is 271. The number of hydrogen-bond donors (Lipinski definition) is 2. The molecule has 1 atom stereocenters. The van der Waals surface area contributed by atoms with E-state index in [0.29, 0.717) is 18.5 Å². The maximum atomic E-state index is 8.82. The van der Waals surface area contributed by atoms with Crippen molar-refractivity contribution in [2.45, 2.75) is 32.7 Å². The van der Waals surface area contributed by atoms with E-state index in [1.807, 2.05) is 6.07 Å². The molecule has 1 aromatic rings. The fraction of sp³-hybridized carbons (Fsp3) is 0.571. The van der Waals surface area contributed by atoms with Crippen LogP contribution in [0.15, 0.2) is 30.3 Å². The maximum absolute atomic E-state index is 8.82. The molecule has 2 N–H and O–H groups in total. The molecule has 1 aromatic carbocycles. The van der Waals surface area contributed by atoms with Crippen LogP contribution in [0.5, 0.6) is 0 Å². The van der Waals surface area contributed by atoms with E-state index in [1.165, 1.54) is 5.56 Å². The first-order valence-corrected chi connectivity index (χ1v) is 6.12. The van der Waals surface area contributed by atoms with Crippen LogP contribution in [0.4, 0.5) is 0 Å². The summed E-state index contributed by atoms with van der Waals surface area (Å²) < 4.78 is 0. The topological polar surface area (TPSA) is 32.3 Å². The second-order valence-corrected chi connectivity index (χ2v) is 4.55. The lowest BCUT2D eigenvalue weighted by atomic mass is 9.96. The zero-order chi connectivity index (χ0) is 11.8. The molecule has 0 bridgehead atoms. The minimum Gasteiger partial charge on any atom is -0.395 e. The van der Waals surface area contributed by atoms with E-state index in [2.05, 4.69) is 43.4 Å². The van der Waals surface area contributed by atoms with Gasteiger partial charge in [0.05, 0.1) is 6.61 Å². The molecule has 2 nitrogen and oxygen atoms in total. The second-order valence-electron chi connectivity index (χ2n) is 4.55. The molecule has 0 saturated carbocycles. The Kier molecular flexibility index (Phi) is 6.12. The van der Waals surface area contributed by atoms with E-state index < -0.39 is 0 Å². The monoisotopic (exact) mass is 221 g/mol. The van der Waals surface area contributed by atoms with E-state index in [-0.39, 0.29) is 6.61 Å². The van der Waals surface area contributed by atoms with Gasteiger partial charge in [0.2, 0.25) is 0 Å². The quantitative estimate of drug-likeness (QED) is 0.740. The molecule has 0 heterocycles. The van der Waals surface area contributed by atoms with Crippen molar-refractivity contribution >= 4 is 0 Å². The normalized spacial score (nSPS) is 13.0.